The van der Waals surface area contributed by atoms with Crippen LogP contribution in [0.3, 0.4) is 0 Å². The molecule has 13 heteroatoms. The first-order chi connectivity index (χ1) is 19.1. The molecule has 0 aliphatic heterocycles. The van der Waals surface area contributed by atoms with E-state index in [1.165, 1.54) is 25.4 Å². The minimum absolute atomic E-state index is 0.0277. The van der Waals surface area contributed by atoms with Crippen molar-refractivity contribution < 1.29 is 41.5 Å². The van der Waals surface area contributed by atoms with Gasteiger partial charge in [0.25, 0.3) is 0 Å². The summed E-state index contributed by atoms with van der Waals surface area (Å²) in [6.07, 6.45) is -3.53. The summed E-state index contributed by atoms with van der Waals surface area (Å²) < 4.78 is 70.4. The quantitative estimate of drug-likeness (QED) is 0.247. The molecule has 0 aliphatic carbocycles. The van der Waals surface area contributed by atoms with Crippen LogP contribution in [0, 0.1) is 5.82 Å². The number of ether oxygens (including phenoxy) is 2. The number of nitrogens with zero attached hydrogens (tertiary/aromatic N) is 3. The van der Waals surface area contributed by atoms with Crippen molar-refractivity contribution in [2.24, 2.45) is 0 Å². The lowest BCUT2D eigenvalue weighted by molar-refractivity contribution is -0.185. The van der Waals surface area contributed by atoms with E-state index in [1.807, 2.05) is 0 Å². The van der Waals surface area contributed by atoms with Gasteiger partial charge in [0.2, 0.25) is 5.91 Å². The lowest BCUT2D eigenvalue weighted by Gasteiger charge is -2.24. The summed E-state index contributed by atoms with van der Waals surface area (Å²) in [7, 11) is 1.46. The van der Waals surface area contributed by atoms with Crippen molar-refractivity contribution in [2.45, 2.75) is 51.3 Å². The monoisotopic (exact) mass is 576 g/mol. The van der Waals surface area contributed by atoms with Crippen LogP contribution in [0.1, 0.15) is 39.0 Å². The number of alkyl halides is 3. The molecule has 2 aromatic carbocycles. The van der Waals surface area contributed by atoms with Crippen LogP contribution in [0.5, 0.6) is 11.5 Å². The maximum absolute atomic E-state index is 14.9. The molecule has 0 saturated heterocycles. The van der Waals surface area contributed by atoms with Gasteiger partial charge in [-0.15, -0.1) is 0 Å². The summed E-state index contributed by atoms with van der Waals surface area (Å²) in [5, 5.41) is 15.7. The highest BCUT2D eigenvalue weighted by molar-refractivity contribution is 5.91. The number of carbonyl (C=O) groups is 1. The van der Waals surface area contributed by atoms with Crippen molar-refractivity contribution in [3.8, 4) is 22.8 Å². The summed E-state index contributed by atoms with van der Waals surface area (Å²) in [6.45, 7) is 5.10. The van der Waals surface area contributed by atoms with Crippen molar-refractivity contribution in [2.75, 3.05) is 19.0 Å². The summed E-state index contributed by atoms with van der Waals surface area (Å²) in [4.78, 5) is 21.4. The Kier molecular flexibility index (Phi) is 7.94. The Labute approximate surface area is 232 Å². The molecule has 0 aliphatic rings. The summed E-state index contributed by atoms with van der Waals surface area (Å²) >= 11 is 0. The predicted octanol–water partition coefficient (Wildman–Crippen LogP) is 5.60. The van der Waals surface area contributed by atoms with Crippen LogP contribution in [0.15, 0.2) is 47.1 Å². The topological polar surface area (TPSA) is 120 Å². The fourth-order valence-electron chi connectivity index (χ4n) is 3.66. The van der Waals surface area contributed by atoms with Crippen LogP contribution >= 0.6 is 0 Å². The number of hydrogen-bond acceptors (Lipinski definition) is 8. The summed E-state index contributed by atoms with van der Waals surface area (Å²) in [5.41, 5.74) is -1.60. The molecule has 0 bridgehead atoms. The lowest BCUT2D eigenvalue weighted by atomic mass is 9.89. The number of rotatable bonds is 9. The lowest BCUT2D eigenvalue weighted by Crippen LogP contribution is -2.35. The smallest absolute Gasteiger partial charge is 0.401 e. The van der Waals surface area contributed by atoms with E-state index in [4.69, 9.17) is 14.0 Å². The highest BCUT2D eigenvalue weighted by atomic mass is 19.4. The minimum Gasteiger partial charge on any atom is -0.493 e. The van der Waals surface area contributed by atoms with E-state index in [9.17, 15) is 27.5 Å². The van der Waals surface area contributed by atoms with E-state index < -0.39 is 41.1 Å². The Morgan fingerprint density at radius 3 is 2.39 bits per heavy atom. The highest BCUT2D eigenvalue weighted by Gasteiger charge is 2.51. The van der Waals surface area contributed by atoms with Gasteiger partial charge in [-0.2, -0.15) is 13.2 Å². The first kappa shape index (κ1) is 29.7. The molecule has 0 saturated carbocycles. The second-order valence-electron chi connectivity index (χ2n) is 10.6. The van der Waals surface area contributed by atoms with Gasteiger partial charge >= 0.3 is 6.18 Å². The van der Waals surface area contributed by atoms with Gasteiger partial charge in [0, 0.05) is 23.8 Å². The van der Waals surface area contributed by atoms with Crippen LogP contribution in [0.25, 0.3) is 22.3 Å². The fraction of sp³-hybridized carbons (Fsp3) is 0.357. The van der Waals surface area contributed by atoms with Gasteiger partial charge in [0.1, 0.15) is 17.8 Å². The molecule has 41 heavy (non-hydrogen) atoms. The number of anilines is 1. The van der Waals surface area contributed by atoms with Crippen molar-refractivity contribution in [1.29, 1.82) is 0 Å². The molecule has 4 aromatic rings. The normalized spacial score (nSPS) is 12.4. The third-order valence-electron chi connectivity index (χ3n) is 6.21. The van der Waals surface area contributed by atoms with E-state index in [0.29, 0.717) is 33.8 Å². The molecule has 0 fully saturated rings. The molecule has 2 N–H and O–H groups in total. The number of carbonyl (C=O) groups excluding carboxylic acids is 1. The second kappa shape index (κ2) is 11.0. The molecular weight excluding hydrogens is 548 g/mol. The Balaban J connectivity index is 1.49. The molecule has 9 nitrogen and oxygen atoms in total. The van der Waals surface area contributed by atoms with Gasteiger partial charge < -0.3 is 24.4 Å². The number of aliphatic hydroxyl groups is 1. The van der Waals surface area contributed by atoms with Gasteiger partial charge in [0.05, 0.1) is 42.1 Å². The number of halogens is 4. The Hall–Kier alpha value is -4.26. The SMILES string of the molecule is COc1cc2nc(-c3ccc(CC(=O)Nc4cc(C(C)(C)C(F)(F)F)on4)c(F)c3)cnc2cc1OCC(C)(C)O. The standard InChI is InChI=1S/C28H28F4N4O5/c1-26(2,38)14-40-22-10-18-19(11-21(22)39-5)34-20(13-33-18)16-7-6-15(17(29)8-16)9-25(37)35-24-12-23(41-36-24)27(3,4)28(30,31)32/h6-8,10-13,38H,9,14H2,1-5H3,(H,35,36,37). The molecule has 0 radical (unpaired) electrons. The molecule has 218 valence electrons. The van der Waals surface area contributed by atoms with Crippen LogP contribution < -0.4 is 14.8 Å². The maximum atomic E-state index is 14.9. The minimum atomic E-state index is -4.59. The molecule has 0 atom stereocenters. The Bertz CT molecular complexity index is 1580. The molecule has 2 heterocycles. The van der Waals surface area contributed by atoms with E-state index in [1.54, 1.807) is 32.0 Å². The van der Waals surface area contributed by atoms with Crippen molar-refractivity contribution in [3.63, 3.8) is 0 Å². The maximum Gasteiger partial charge on any atom is 0.401 e. The van der Waals surface area contributed by atoms with Crippen LogP contribution in [-0.4, -0.2) is 51.6 Å². The molecule has 4 rings (SSSR count). The van der Waals surface area contributed by atoms with E-state index in [0.717, 1.165) is 19.9 Å². The predicted molar refractivity (Wildman–Crippen MR) is 141 cm³/mol. The van der Waals surface area contributed by atoms with E-state index in [-0.39, 0.29) is 18.0 Å². The fourth-order valence-corrected chi connectivity index (χ4v) is 3.66. The molecular formula is C28H28F4N4O5. The number of benzene rings is 2. The van der Waals surface area contributed by atoms with Crippen LogP contribution in [0.2, 0.25) is 0 Å². The van der Waals surface area contributed by atoms with Crippen molar-refractivity contribution in [1.82, 2.24) is 15.1 Å². The molecule has 1 amide bonds. The van der Waals surface area contributed by atoms with Gasteiger partial charge in [-0.1, -0.05) is 17.3 Å². The van der Waals surface area contributed by atoms with E-state index in [2.05, 4.69) is 20.4 Å². The molecule has 2 aromatic heterocycles. The number of fused-ring (bicyclic) bond motifs is 1. The Morgan fingerprint density at radius 1 is 1.05 bits per heavy atom. The van der Waals surface area contributed by atoms with Crippen LogP contribution in [-0.2, 0) is 16.6 Å². The van der Waals surface area contributed by atoms with Gasteiger partial charge in [0.15, 0.2) is 23.1 Å². The first-order valence-corrected chi connectivity index (χ1v) is 12.4. The summed E-state index contributed by atoms with van der Waals surface area (Å²) in [5.74, 6) is -1.31. The van der Waals surface area contributed by atoms with Crippen LogP contribution in [0.4, 0.5) is 23.4 Å². The average Bonchev–Trinajstić information content (AvgIpc) is 3.35. The third-order valence-corrected chi connectivity index (χ3v) is 6.21. The zero-order valence-electron chi connectivity index (χ0n) is 22.9. The third kappa shape index (κ3) is 6.73. The molecule has 0 spiro atoms. The summed E-state index contributed by atoms with van der Waals surface area (Å²) in [6, 6.07) is 8.41. The highest BCUT2D eigenvalue weighted by Crippen LogP contribution is 2.41. The second-order valence-corrected chi connectivity index (χ2v) is 10.6. The average molecular weight is 577 g/mol. The number of hydrogen-bond donors (Lipinski definition) is 2. The van der Waals surface area contributed by atoms with Crippen molar-refractivity contribution in [3.05, 3.63) is 59.7 Å². The Morgan fingerprint density at radius 2 is 1.76 bits per heavy atom. The van der Waals surface area contributed by atoms with Gasteiger partial charge in [-0.3, -0.25) is 9.78 Å². The zero-order valence-corrected chi connectivity index (χ0v) is 22.9. The zero-order chi connectivity index (χ0) is 30.2. The number of aromatic nitrogens is 3. The van der Waals surface area contributed by atoms with Gasteiger partial charge in [-0.25, -0.2) is 9.37 Å². The van der Waals surface area contributed by atoms with Gasteiger partial charge in [-0.05, 0) is 39.3 Å². The number of methoxy groups -OCH3 is 1. The van der Waals surface area contributed by atoms with Crippen molar-refractivity contribution >= 4 is 22.8 Å². The largest absolute Gasteiger partial charge is 0.493 e. The number of amides is 1. The first-order valence-electron chi connectivity index (χ1n) is 12.4. The van der Waals surface area contributed by atoms with E-state index >= 15 is 0 Å². The molecule has 0 unspecified atom stereocenters. The number of nitrogens with one attached hydrogen (secondary N) is 1.